The summed E-state index contributed by atoms with van der Waals surface area (Å²) >= 11 is 0. The Morgan fingerprint density at radius 1 is 1.53 bits per heavy atom. The molecule has 1 aliphatic rings. The molecule has 1 saturated heterocycles. The number of rotatable bonds is 2. The number of fused-ring (bicyclic) bond motifs is 1. The first-order valence-electron chi connectivity index (χ1n) is 6.41. The molecule has 0 amide bonds. The van der Waals surface area contributed by atoms with Crippen LogP contribution in [0.15, 0.2) is 6.33 Å². The molecule has 2 aromatic heterocycles. The molecule has 0 aromatic carbocycles. The van der Waals surface area contributed by atoms with E-state index in [4.69, 9.17) is 10.5 Å². The molecule has 0 saturated carbocycles. The van der Waals surface area contributed by atoms with E-state index in [9.17, 15) is 4.39 Å². The van der Waals surface area contributed by atoms with Crippen LogP contribution in [0.3, 0.4) is 0 Å². The molecule has 3 heterocycles. The maximum absolute atomic E-state index is 13.3. The number of imidazole rings is 1. The molecule has 0 aliphatic carbocycles. The van der Waals surface area contributed by atoms with Crippen LogP contribution < -0.4 is 5.73 Å². The lowest BCUT2D eigenvalue weighted by Gasteiger charge is -2.14. The molecule has 19 heavy (non-hydrogen) atoms. The van der Waals surface area contributed by atoms with Crippen molar-refractivity contribution in [2.75, 3.05) is 5.73 Å². The fourth-order valence-corrected chi connectivity index (χ4v) is 2.66. The zero-order valence-corrected chi connectivity index (χ0v) is 10.9. The van der Waals surface area contributed by atoms with Crippen molar-refractivity contribution in [1.82, 2.24) is 19.5 Å². The second-order valence-corrected chi connectivity index (χ2v) is 4.95. The van der Waals surface area contributed by atoms with Crippen molar-refractivity contribution in [2.24, 2.45) is 5.92 Å². The number of aromatic nitrogens is 4. The predicted molar refractivity (Wildman–Crippen MR) is 67.7 cm³/mol. The van der Waals surface area contributed by atoms with E-state index in [-0.39, 0.29) is 18.1 Å². The standard InChI is InChI=1S/C12H16FN5O/c1-3-7-6(2)4-8(19-7)18-5-15-9-10(14)16-12(13)17-11(9)18/h5-8H,3-4H2,1-2H3,(H2,14,16,17)/t6-,7+,8+/m0/s1. The number of nitrogen functional groups attached to an aromatic ring is 1. The summed E-state index contributed by atoms with van der Waals surface area (Å²) in [5.41, 5.74) is 6.44. The summed E-state index contributed by atoms with van der Waals surface area (Å²) in [6.45, 7) is 4.24. The number of ether oxygens (including phenoxy) is 1. The Bertz CT molecular complexity index is 613. The maximum atomic E-state index is 13.3. The highest BCUT2D eigenvalue weighted by molar-refractivity contribution is 5.81. The van der Waals surface area contributed by atoms with Gasteiger partial charge in [0.05, 0.1) is 12.4 Å². The van der Waals surface area contributed by atoms with Crippen LogP contribution in [0.25, 0.3) is 11.2 Å². The van der Waals surface area contributed by atoms with Crippen molar-refractivity contribution < 1.29 is 9.13 Å². The highest BCUT2D eigenvalue weighted by Gasteiger charge is 2.33. The average Bonchev–Trinajstić information content (AvgIpc) is 2.92. The van der Waals surface area contributed by atoms with Crippen molar-refractivity contribution in [2.45, 2.75) is 39.0 Å². The highest BCUT2D eigenvalue weighted by atomic mass is 19.1. The minimum atomic E-state index is -0.843. The van der Waals surface area contributed by atoms with E-state index in [0.717, 1.165) is 12.8 Å². The van der Waals surface area contributed by atoms with Crippen LogP contribution in [0.1, 0.15) is 32.9 Å². The number of hydrogen-bond acceptors (Lipinski definition) is 5. The first-order valence-corrected chi connectivity index (χ1v) is 6.41. The Hall–Kier alpha value is -1.76. The van der Waals surface area contributed by atoms with Crippen molar-refractivity contribution in [3.8, 4) is 0 Å². The molecule has 2 aromatic rings. The van der Waals surface area contributed by atoms with Gasteiger partial charge in [0.2, 0.25) is 0 Å². The Labute approximate surface area is 109 Å². The van der Waals surface area contributed by atoms with E-state index in [0.29, 0.717) is 17.1 Å². The van der Waals surface area contributed by atoms with E-state index in [1.165, 1.54) is 0 Å². The van der Waals surface area contributed by atoms with Gasteiger partial charge in [0, 0.05) is 0 Å². The van der Waals surface area contributed by atoms with Crippen molar-refractivity contribution in [1.29, 1.82) is 0 Å². The third-order valence-corrected chi connectivity index (χ3v) is 3.67. The van der Waals surface area contributed by atoms with Gasteiger partial charge in [-0.1, -0.05) is 13.8 Å². The number of nitrogens with zero attached hydrogens (tertiary/aromatic N) is 4. The maximum Gasteiger partial charge on any atom is 0.312 e. The van der Waals surface area contributed by atoms with Crippen LogP contribution in [0.5, 0.6) is 0 Å². The number of halogens is 1. The Kier molecular flexibility index (Phi) is 2.85. The Morgan fingerprint density at radius 3 is 3.00 bits per heavy atom. The van der Waals surface area contributed by atoms with Crippen molar-refractivity contribution >= 4 is 17.0 Å². The summed E-state index contributed by atoms with van der Waals surface area (Å²) in [5.74, 6) is 0.510. The minimum Gasteiger partial charge on any atom is -0.382 e. The van der Waals surface area contributed by atoms with E-state index in [1.807, 2.05) is 0 Å². The summed E-state index contributed by atoms with van der Waals surface area (Å²) in [5, 5.41) is 0. The largest absolute Gasteiger partial charge is 0.382 e. The van der Waals surface area contributed by atoms with Gasteiger partial charge in [-0.3, -0.25) is 4.57 Å². The monoisotopic (exact) mass is 265 g/mol. The summed E-state index contributed by atoms with van der Waals surface area (Å²) in [7, 11) is 0. The van der Waals surface area contributed by atoms with Crippen LogP contribution >= 0.6 is 0 Å². The fraction of sp³-hybridized carbons (Fsp3) is 0.583. The van der Waals surface area contributed by atoms with Gasteiger partial charge in [0.1, 0.15) is 6.23 Å². The van der Waals surface area contributed by atoms with E-state index < -0.39 is 6.08 Å². The zero-order chi connectivity index (χ0) is 13.6. The quantitative estimate of drug-likeness (QED) is 0.839. The van der Waals surface area contributed by atoms with Crippen LogP contribution in [0, 0.1) is 12.0 Å². The molecule has 1 fully saturated rings. The molecule has 102 valence electrons. The molecular weight excluding hydrogens is 249 g/mol. The summed E-state index contributed by atoms with van der Waals surface area (Å²) in [6, 6.07) is 0. The van der Waals surface area contributed by atoms with Gasteiger partial charge in [-0.15, -0.1) is 0 Å². The Morgan fingerprint density at radius 2 is 2.32 bits per heavy atom. The normalized spacial score (nSPS) is 27.2. The molecule has 3 atom stereocenters. The molecule has 2 N–H and O–H groups in total. The van der Waals surface area contributed by atoms with Gasteiger partial charge in [-0.2, -0.15) is 14.4 Å². The summed E-state index contributed by atoms with van der Waals surface area (Å²) in [6.07, 6.45) is 2.60. The van der Waals surface area contributed by atoms with E-state index in [1.54, 1.807) is 10.9 Å². The molecule has 0 radical (unpaired) electrons. The number of anilines is 1. The van der Waals surface area contributed by atoms with Crippen LogP contribution in [-0.4, -0.2) is 25.6 Å². The van der Waals surface area contributed by atoms with Crippen LogP contribution in [0.2, 0.25) is 0 Å². The van der Waals surface area contributed by atoms with Gasteiger partial charge in [0.15, 0.2) is 17.0 Å². The lowest BCUT2D eigenvalue weighted by atomic mass is 10.0. The molecule has 0 bridgehead atoms. The molecule has 0 spiro atoms. The highest BCUT2D eigenvalue weighted by Crippen LogP contribution is 2.36. The minimum absolute atomic E-state index is 0.0549. The van der Waals surface area contributed by atoms with Crippen LogP contribution in [0.4, 0.5) is 10.2 Å². The third-order valence-electron chi connectivity index (χ3n) is 3.67. The lowest BCUT2D eigenvalue weighted by Crippen LogP contribution is -2.12. The van der Waals surface area contributed by atoms with E-state index in [2.05, 4.69) is 28.8 Å². The first-order chi connectivity index (χ1) is 9.10. The average molecular weight is 265 g/mol. The predicted octanol–water partition coefficient (Wildman–Crippen LogP) is 1.88. The molecule has 1 aliphatic heterocycles. The van der Waals surface area contributed by atoms with Crippen LogP contribution in [-0.2, 0) is 4.74 Å². The smallest absolute Gasteiger partial charge is 0.312 e. The first kappa shape index (κ1) is 12.3. The van der Waals surface area contributed by atoms with Crippen molar-refractivity contribution in [3.05, 3.63) is 12.4 Å². The summed E-state index contributed by atoms with van der Waals surface area (Å²) < 4.78 is 21.0. The molecule has 6 nitrogen and oxygen atoms in total. The Balaban J connectivity index is 2.02. The summed E-state index contributed by atoms with van der Waals surface area (Å²) in [4.78, 5) is 11.4. The number of nitrogens with two attached hydrogens (primary N) is 1. The zero-order valence-electron chi connectivity index (χ0n) is 10.9. The van der Waals surface area contributed by atoms with E-state index >= 15 is 0 Å². The number of hydrogen-bond donors (Lipinski definition) is 1. The molecule has 7 heteroatoms. The molecule has 0 unspecified atom stereocenters. The third kappa shape index (κ3) is 1.94. The SMILES string of the molecule is CC[C@H]1O[C@@H](n2cnc3c(N)nc(F)nc32)C[C@@H]1C. The van der Waals surface area contributed by atoms with Gasteiger partial charge < -0.3 is 10.5 Å². The second-order valence-electron chi connectivity index (χ2n) is 4.95. The molecule has 3 rings (SSSR count). The molecular formula is C12H16FN5O. The van der Waals surface area contributed by atoms with Gasteiger partial charge in [-0.05, 0) is 18.8 Å². The topological polar surface area (TPSA) is 78.9 Å². The fourth-order valence-electron chi connectivity index (χ4n) is 2.66. The van der Waals surface area contributed by atoms with Gasteiger partial charge in [0.25, 0.3) is 0 Å². The van der Waals surface area contributed by atoms with Crippen molar-refractivity contribution in [3.63, 3.8) is 0 Å². The van der Waals surface area contributed by atoms with Gasteiger partial charge >= 0.3 is 6.08 Å². The van der Waals surface area contributed by atoms with Gasteiger partial charge in [-0.25, -0.2) is 4.98 Å². The lowest BCUT2D eigenvalue weighted by molar-refractivity contribution is -0.00308. The second kappa shape index (κ2) is 4.41.